The van der Waals surface area contributed by atoms with Crippen molar-refractivity contribution in [2.24, 2.45) is 11.1 Å². The summed E-state index contributed by atoms with van der Waals surface area (Å²) < 4.78 is 10.7. The summed E-state index contributed by atoms with van der Waals surface area (Å²) >= 11 is 0. The molecule has 1 aromatic carbocycles. The van der Waals surface area contributed by atoms with Gasteiger partial charge in [-0.1, -0.05) is 19.3 Å². The molecule has 0 aliphatic heterocycles. The van der Waals surface area contributed by atoms with Crippen LogP contribution in [0.15, 0.2) is 12.1 Å². The van der Waals surface area contributed by atoms with E-state index in [1.54, 1.807) is 19.1 Å². The van der Waals surface area contributed by atoms with E-state index in [0.29, 0.717) is 31.0 Å². The quantitative estimate of drug-likeness (QED) is 0.821. The van der Waals surface area contributed by atoms with Gasteiger partial charge in [0, 0.05) is 20.0 Å². The van der Waals surface area contributed by atoms with Crippen molar-refractivity contribution in [3.63, 3.8) is 0 Å². The fourth-order valence-corrected chi connectivity index (χ4v) is 3.75. The Hall–Kier alpha value is -1.75. The average Bonchev–Trinajstić information content (AvgIpc) is 2.63. The number of carbonyl (C=O) groups excluding carboxylic acids is 1. The Morgan fingerprint density at radius 1 is 1.16 bits per heavy atom. The molecule has 140 valence electrons. The smallest absolute Gasteiger partial charge is 0.223 e. The lowest BCUT2D eigenvalue weighted by Crippen LogP contribution is -2.39. The standard InChI is InChI=1S/C20H32N2O3/c1-15-10-17(24-3)18(25-4)11-16(15)13-22(2)19(23)12-20(14-21)8-6-5-7-9-20/h10-11H,5-9,12-14,21H2,1-4H3. The third-order valence-electron chi connectivity index (χ3n) is 5.55. The number of nitrogens with two attached hydrogens (primary N) is 1. The Morgan fingerprint density at radius 3 is 2.32 bits per heavy atom. The van der Waals surface area contributed by atoms with Gasteiger partial charge in [-0.3, -0.25) is 4.79 Å². The maximum atomic E-state index is 12.8. The monoisotopic (exact) mass is 348 g/mol. The average molecular weight is 348 g/mol. The molecule has 0 atom stereocenters. The van der Waals surface area contributed by atoms with E-state index in [2.05, 4.69) is 0 Å². The maximum absolute atomic E-state index is 12.8. The molecule has 1 aliphatic carbocycles. The molecule has 1 saturated carbocycles. The van der Waals surface area contributed by atoms with Crippen molar-refractivity contribution in [1.82, 2.24) is 4.90 Å². The third kappa shape index (κ3) is 4.66. The molecule has 2 N–H and O–H groups in total. The molecule has 1 aliphatic rings. The van der Waals surface area contributed by atoms with Crippen molar-refractivity contribution < 1.29 is 14.3 Å². The fourth-order valence-electron chi connectivity index (χ4n) is 3.75. The first-order chi connectivity index (χ1) is 11.9. The Morgan fingerprint density at radius 2 is 1.76 bits per heavy atom. The number of rotatable bonds is 7. The van der Waals surface area contributed by atoms with Crippen molar-refractivity contribution in [2.75, 3.05) is 27.8 Å². The van der Waals surface area contributed by atoms with Gasteiger partial charge >= 0.3 is 0 Å². The summed E-state index contributed by atoms with van der Waals surface area (Å²) in [7, 11) is 5.12. The minimum absolute atomic E-state index is 0.00373. The zero-order valence-corrected chi connectivity index (χ0v) is 16.1. The highest BCUT2D eigenvalue weighted by atomic mass is 16.5. The van der Waals surface area contributed by atoms with E-state index in [-0.39, 0.29) is 11.3 Å². The van der Waals surface area contributed by atoms with E-state index >= 15 is 0 Å². The third-order valence-corrected chi connectivity index (χ3v) is 5.55. The van der Waals surface area contributed by atoms with Gasteiger partial charge in [0.2, 0.25) is 5.91 Å². The van der Waals surface area contributed by atoms with Crippen LogP contribution in [0.1, 0.15) is 49.7 Å². The molecule has 25 heavy (non-hydrogen) atoms. The van der Waals surface area contributed by atoms with E-state index < -0.39 is 0 Å². The van der Waals surface area contributed by atoms with Crippen LogP contribution in [0.2, 0.25) is 0 Å². The van der Waals surface area contributed by atoms with Crippen molar-refractivity contribution in [3.8, 4) is 11.5 Å². The molecule has 0 spiro atoms. The van der Waals surface area contributed by atoms with E-state index in [9.17, 15) is 4.79 Å². The second-order valence-electron chi connectivity index (χ2n) is 7.33. The number of nitrogens with zero attached hydrogens (tertiary/aromatic N) is 1. The van der Waals surface area contributed by atoms with Gasteiger partial charge < -0.3 is 20.1 Å². The number of carbonyl (C=O) groups is 1. The van der Waals surface area contributed by atoms with Crippen molar-refractivity contribution >= 4 is 5.91 Å². The predicted molar refractivity (Wildman–Crippen MR) is 99.9 cm³/mol. The van der Waals surface area contributed by atoms with Crippen LogP contribution in [0.25, 0.3) is 0 Å². The van der Waals surface area contributed by atoms with Gasteiger partial charge in [0.1, 0.15) is 0 Å². The molecule has 0 bridgehead atoms. The minimum atomic E-state index is -0.00373. The molecule has 1 amide bonds. The minimum Gasteiger partial charge on any atom is -0.493 e. The number of methoxy groups -OCH3 is 2. The second-order valence-corrected chi connectivity index (χ2v) is 7.33. The summed E-state index contributed by atoms with van der Waals surface area (Å²) in [5, 5.41) is 0. The van der Waals surface area contributed by atoms with Crippen LogP contribution >= 0.6 is 0 Å². The number of amides is 1. The molecule has 0 saturated heterocycles. The molecule has 0 heterocycles. The fraction of sp³-hybridized carbons (Fsp3) is 0.650. The number of ether oxygens (including phenoxy) is 2. The second kappa shape index (κ2) is 8.56. The van der Waals surface area contributed by atoms with E-state index in [1.807, 2.05) is 26.1 Å². The first-order valence-corrected chi connectivity index (χ1v) is 9.10. The molecule has 0 unspecified atom stereocenters. The Kier molecular flexibility index (Phi) is 6.71. The largest absolute Gasteiger partial charge is 0.493 e. The molecule has 5 nitrogen and oxygen atoms in total. The van der Waals surface area contributed by atoms with Crippen LogP contribution in [0.3, 0.4) is 0 Å². The lowest BCUT2D eigenvalue weighted by molar-refractivity contribution is -0.133. The van der Waals surface area contributed by atoms with Crippen molar-refractivity contribution in [1.29, 1.82) is 0 Å². The first-order valence-electron chi connectivity index (χ1n) is 9.10. The molecular weight excluding hydrogens is 316 g/mol. The van der Waals surface area contributed by atoms with Crippen LogP contribution in [-0.4, -0.2) is 38.6 Å². The molecule has 5 heteroatoms. The van der Waals surface area contributed by atoms with Gasteiger partial charge in [-0.2, -0.15) is 0 Å². The topological polar surface area (TPSA) is 64.8 Å². The summed E-state index contributed by atoms with van der Waals surface area (Å²) in [4.78, 5) is 14.6. The summed E-state index contributed by atoms with van der Waals surface area (Å²) in [6.45, 7) is 3.19. The lowest BCUT2D eigenvalue weighted by atomic mass is 9.71. The zero-order chi connectivity index (χ0) is 18.4. The van der Waals surface area contributed by atoms with Crippen LogP contribution in [0, 0.1) is 12.3 Å². The van der Waals surface area contributed by atoms with Gasteiger partial charge in [-0.05, 0) is 55.0 Å². The van der Waals surface area contributed by atoms with Gasteiger partial charge in [-0.15, -0.1) is 0 Å². The van der Waals surface area contributed by atoms with Gasteiger partial charge in [0.15, 0.2) is 11.5 Å². The molecule has 0 aromatic heterocycles. The summed E-state index contributed by atoms with van der Waals surface area (Å²) in [5.41, 5.74) is 8.18. The Balaban J connectivity index is 2.08. The summed E-state index contributed by atoms with van der Waals surface area (Å²) in [5.74, 6) is 1.57. The van der Waals surface area contributed by atoms with E-state index in [0.717, 1.165) is 24.0 Å². The van der Waals surface area contributed by atoms with E-state index in [4.69, 9.17) is 15.2 Å². The number of benzene rings is 1. The van der Waals surface area contributed by atoms with Crippen molar-refractivity contribution in [3.05, 3.63) is 23.3 Å². The highest BCUT2D eigenvalue weighted by Crippen LogP contribution is 2.39. The van der Waals surface area contributed by atoms with Gasteiger partial charge in [0.05, 0.1) is 14.2 Å². The number of hydrogen-bond acceptors (Lipinski definition) is 4. The molecular formula is C20H32N2O3. The number of hydrogen-bond donors (Lipinski definition) is 1. The SMILES string of the molecule is COc1cc(C)c(CN(C)C(=O)CC2(CN)CCCCC2)cc1OC. The molecule has 0 radical (unpaired) electrons. The van der Waals surface area contributed by atoms with Crippen LogP contribution in [0.5, 0.6) is 11.5 Å². The lowest BCUT2D eigenvalue weighted by Gasteiger charge is -2.36. The molecule has 1 aromatic rings. The highest BCUT2D eigenvalue weighted by Gasteiger charge is 2.33. The summed E-state index contributed by atoms with van der Waals surface area (Å²) in [6, 6.07) is 3.91. The Labute approximate surface area is 151 Å². The molecule has 2 rings (SSSR count). The number of aryl methyl sites for hydroxylation is 1. The van der Waals surface area contributed by atoms with Crippen LogP contribution in [0.4, 0.5) is 0 Å². The Bertz CT molecular complexity index is 595. The highest BCUT2D eigenvalue weighted by molar-refractivity contribution is 5.76. The van der Waals surface area contributed by atoms with Gasteiger partial charge in [0.25, 0.3) is 0 Å². The maximum Gasteiger partial charge on any atom is 0.223 e. The van der Waals surface area contributed by atoms with E-state index in [1.165, 1.54) is 19.3 Å². The first kappa shape index (κ1) is 19.6. The normalized spacial score (nSPS) is 16.4. The zero-order valence-electron chi connectivity index (χ0n) is 16.1. The van der Waals surface area contributed by atoms with Crippen molar-refractivity contribution in [2.45, 2.75) is 52.0 Å². The van der Waals surface area contributed by atoms with Gasteiger partial charge in [-0.25, -0.2) is 0 Å². The van der Waals surface area contributed by atoms with Crippen LogP contribution in [-0.2, 0) is 11.3 Å². The molecule has 1 fully saturated rings. The van der Waals surface area contributed by atoms with Crippen LogP contribution < -0.4 is 15.2 Å². The predicted octanol–water partition coefficient (Wildman–Crippen LogP) is 3.27. The summed E-state index contributed by atoms with van der Waals surface area (Å²) in [6.07, 6.45) is 6.31.